The highest BCUT2D eigenvalue weighted by Crippen LogP contribution is 2.17. The lowest BCUT2D eigenvalue weighted by molar-refractivity contribution is 0.0392. The lowest BCUT2D eigenvalue weighted by Gasteiger charge is -2.31. The lowest BCUT2D eigenvalue weighted by Crippen LogP contribution is -2.38. The number of hydrogen-bond acceptors (Lipinski definition) is 5. The van der Waals surface area contributed by atoms with Crippen LogP contribution in [0.4, 0.5) is 5.69 Å². The Labute approximate surface area is 178 Å². The maximum atomic E-state index is 6.02. The van der Waals surface area contributed by atoms with Gasteiger partial charge in [0.25, 0.3) is 0 Å². The van der Waals surface area contributed by atoms with Crippen molar-refractivity contribution in [1.29, 1.82) is 0 Å². The highest BCUT2D eigenvalue weighted by molar-refractivity contribution is 5.92. The summed E-state index contributed by atoms with van der Waals surface area (Å²) in [6.07, 6.45) is 2.18. The zero-order valence-electron chi connectivity index (χ0n) is 17.8. The third-order valence-corrected chi connectivity index (χ3v) is 5.20. The summed E-state index contributed by atoms with van der Waals surface area (Å²) in [5, 5.41) is 3.08. The summed E-state index contributed by atoms with van der Waals surface area (Å²) in [6, 6.07) is 16.1. The van der Waals surface area contributed by atoms with Crippen LogP contribution in [0, 0.1) is 0 Å². The van der Waals surface area contributed by atoms with Crippen LogP contribution in [-0.2, 0) is 11.3 Å². The molecule has 162 valence electrons. The average molecular weight is 413 g/mol. The molecule has 7 heteroatoms. The Bertz CT molecular complexity index is 822. The zero-order valence-corrected chi connectivity index (χ0v) is 17.8. The second-order valence-electron chi connectivity index (χ2n) is 7.38. The van der Waals surface area contributed by atoms with Gasteiger partial charge < -0.3 is 25.3 Å². The maximum absolute atomic E-state index is 6.02. The van der Waals surface area contributed by atoms with Gasteiger partial charge in [-0.15, -0.1) is 0 Å². The standard InChI is InChI=1S/C23H32N4O3/c1-27(20-9-12-29-13-10-20)11-14-30-22-8-3-5-18(15-22)17-25-23(24)26-19-6-4-7-21(16-19)28-2/h3-8,15-16,20H,9-14,17H2,1-2H3,(H3,24,25,26). The molecule has 30 heavy (non-hydrogen) atoms. The van der Waals surface area contributed by atoms with E-state index in [0.717, 1.165) is 55.4 Å². The van der Waals surface area contributed by atoms with Gasteiger partial charge in [-0.25, -0.2) is 4.99 Å². The van der Waals surface area contributed by atoms with Gasteiger partial charge >= 0.3 is 0 Å². The summed E-state index contributed by atoms with van der Waals surface area (Å²) < 4.78 is 16.6. The van der Waals surface area contributed by atoms with Crippen LogP contribution in [-0.4, -0.2) is 57.4 Å². The molecule has 1 heterocycles. The van der Waals surface area contributed by atoms with Crippen LogP contribution in [0.5, 0.6) is 11.5 Å². The maximum Gasteiger partial charge on any atom is 0.193 e. The smallest absolute Gasteiger partial charge is 0.193 e. The normalized spacial score (nSPS) is 15.2. The Morgan fingerprint density at radius 2 is 1.93 bits per heavy atom. The van der Waals surface area contributed by atoms with Crippen molar-refractivity contribution in [2.45, 2.75) is 25.4 Å². The van der Waals surface area contributed by atoms with Gasteiger partial charge in [0.15, 0.2) is 5.96 Å². The number of rotatable bonds is 9. The Hall–Kier alpha value is -2.77. The molecule has 1 aliphatic rings. The minimum Gasteiger partial charge on any atom is -0.497 e. The Balaban J connectivity index is 1.46. The molecule has 1 saturated heterocycles. The molecule has 0 radical (unpaired) electrons. The molecule has 0 saturated carbocycles. The molecule has 7 nitrogen and oxygen atoms in total. The number of anilines is 1. The molecule has 3 N–H and O–H groups in total. The van der Waals surface area contributed by atoms with Gasteiger partial charge in [0.2, 0.25) is 0 Å². The molecule has 0 atom stereocenters. The van der Waals surface area contributed by atoms with Crippen LogP contribution in [0.2, 0.25) is 0 Å². The molecule has 0 unspecified atom stereocenters. The summed E-state index contributed by atoms with van der Waals surface area (Å²) in [5.74, 6) is 1.97. The van der Waals surface area contributed by atoms with E-state index in [1.807, 2.05) is 48.5 Å². The summed E-state index contributed by atoms with van der Waals surface area (Å²) in [4.78, 5) is 6.79. The highest BCUT2D eigenvalue weighted by Gasteiger charge is 2.17. The van der Waals surface area contributed by atoms with Crippen LogP contribution < -0.4 is 20.5 Å². The Morgan fingerprint density at radius 3 is 2.73 bits per heavy atom. The molecule has 1 aliphatic heterocycles. The summed E-state index contributed by atoms with van der Waals surface area (Å²) in [7, 11) is 3.79. The third-order valence-electron chi connectivity index (χ3n) is 5.20. The van der Waals surface area contributed by atoms with Gasteiger partial charge in [-0.3, -0.25) is 4.90 Å². The minimum absolute atomic E-state index is 0.354. The number of nitrogens with one attached hydrogen (secondary N) is 1. The second kappa shape index (κ2) is 11.4. The van der Waals surface area contributed by atoms with E-state index in [4.69, 9.17) is 19.9 Å². The predicted octanol–water partition coefficient (Wildman–Crippen LogP) is 3.11. The van der Waals surface area contributed by atoms with Gasteiger partial charge in [-0.1, -0.05) is 18.2 Å². The fraction of sp³-hybridized carbons (Fsp3) is 0.435. The van der Waals surface area contributed by atoms with Crippen molar-refractivity contribution in [1.82, 2.24) is 4.90 Å². The van der Waals surface area contributed by atoms with Crippen LogP contribution in [0.3, 0.4) is 0 Å². The number of nitrogens with zero attached hydrogens (tertiary/aromatic N) is 2. The fourth-order valence-electron chi connectivity index (χ4n) is 3.41. The van der Waals surface area contributed by atoms with Gasteiger partial charge in [-0.05, 0) is 49.7 Å². The Morgan fingerprint density at radius 1 is 1.17 bits per heavy atom. The first-order valence-electron chi connectivity index (χ1n) is 10.3. The van der Waals surface area contributed by atoms with Crippen molar-refractivity contribution in [3.05, 3.63) is 54.1 Å². The van der Waals surface area contributed by atoms with Crippen molar-refractivity contribution in [2.24, 2.45) is 10.7 Å². The minimum atomic E-state index is 0.354. The van der Waals surface area contributed by atoms with Crippen LogP contribution in [0.1, 0.15) is 18.4 Å². The molecule has 0 spiro atoms. The Kier molecular flexibility index (Phi) is 8.35. The van der Waals surface area contributed by atoms with E-state index in [1.165, 1.54) is 0 Å². The number of likely N-dealkylation sites (N-methyl/N-ethyl adjacent to an activating group) is 1. The third kappa shape index (κ3) is 6.93. The lowest BCUT2D eigenvalue weighted by atomic mass is 10.1. The van der Waals surface area contributed by atoms with Crippen LogP contribution in [0.25, 0.3) is 0 Å². The summed E-state index contributed by atoms with van der Waals surface area (Å²) >= 11 is 0. The topological polar surface area (TPSA) is 81.3 Å². The van der Waals surface area contributed by atoms with Gasteiger partial charge in [0.05, 0.1) is 13.7 Å². The summed E-state index contributed by atoms with van der Waals surface area (Å²) in [5.41, 5.74) is 7.90. The number of methoxy groups -OCH3 is 1. The van der Waals surface area contributed by atoms with E-state index in [0.29, 0.717) is 25.2 Å². The first-order chi connectivity index (χ1) is 14.6. The zero-order chi connectivity index (χ0) is 21.2. The van der Waals surface area contributed by atoms with E-state index in [9.17, 15) is 0 Å². The molecule has 3 rings (SSSR count). The van der Waals surface area contributed by atoms with Crippen LogP contribution in [0.15, 0.2) is 53.5 Å². The number of nitrogens with two attached hydrogens (primary N) is 1. The molecular weight excluding hydrogens is 380 g/mol. The molecule has 0 bridgehead atoms. The van der Waals surface area contributed by atoms with E-state index in [-0.39, 0.29) is 0 Å². The molecule has 2 aromatic carbocycles. The number of hydrogen-bond donors (Lipinski definition) is 2. The quantitative estimate of drug-likeness (QED) is 0.487. The van der Waals surface area contributed by atoms with Gasteiger partial charge in [0, 0.05) is 37.6 Å². The van der Waals surface area contributed by atoms with Gasteiger partial charge in [0.1, 0.15) is 18.1 Å². The molecule has 0 aliphatic carbocycles. The molecule has 0 aromatic heterocycles. The van der Waals surface area contributed by atoms with E-state index >= 15 is 0 Å². The molecule has 1 fully saturated rings. The fourth-order valence-corrected chi connectivity index (χ4v) is 3.41. The van der Waals surface area contributed by atoms with Crippen molar-refractivity contribution < 1.29 is 14.2 Å². The van der Waals surface area contributed by atoms with E-state index < -0.39 is 0 Å². The van der Waals surface area contributed by atoms with Crippen LogP contribution >= 0.6 is 0 Å². The largest absolute Gasteiger partial charge is 0.497 e. The summed E-state index contributed by atoms with van der Waals surface area (Å²) in [6.45, 7) is 3.73. The average Bonchev–Trinajstić information content (AvgIpc) is 2.78. The number of aliphatic imine (C=N–C) groups is 1. The monoisotopic (exact) mass is 412 g/mol. The van der Waals surface area contributed by atoms with Crippen molar-refractivity contribution in [2.75, 3.05) is 45.8 Å². The van der Waals surface area contributed by atoms with Crippen molar-refractivity contribution >= 4 is 11.6 Å². The first-order valence-corrected chi connectivity index (χ1v) is 10.3. The second-order valence-corrected chi connectivity index (χ2v) is 7.38. The molecular formula is C23H32N4O3. The predicted molar refractivity (Wildman–Crippen MR) is 120 cm³/mol. The molecule has 0 amide bonds. The van der Waals surface area contributed by atoms with Crippen molar-refractivity contribution in [3.63, 3.8) is 0 Å². The van der Waals surface area contributed by atoms with Crippen molar-refractivity contribution in [3.8, 4) is 11.5 Å². The number of ether oxygens (including phenoxy) is 3. The highest BCUT2D eigenvalue weighted by atomic mass is 16.5. The molecule has 2 aromatic rings. The van der Waals surface area contributed by atoms with E-state index in [1.54, 1.807) is 7.11 Å². The number of benzene rings is 2. The SMILES string of the molecule is COc1cccc(NC(N)=NCc2cccc(OCCN(C)C3CCOCC3)c2)c1. The van der Waals surface area contributed by atoms with Gasteiger partial charge in [-0.2, -0.15) is 0 Å². The number of guanidine groups is 1. The first kappa shape index (κ1) is 21.9. The van der Waals surface area contributed by atoms with E-state index in [2.05, 4.69) is 22.3 Å².